The highest BCUT2D eigenvalue weighted by Crippen LogP contribution is 2.32. The summed E-state index contributed by atoms with van der Waals surface area (Å²) in [6, 6.07) is 17.8. The van der Waals surface area contributed by atoms with Gasteiger partial charge in [0.1, 0.15) is 12.3 Å². The predicted octanol–water partition coefficient (Wildman–Crippen LogP) is 5.14. The zero-order chi connectivity index (χ0) is 32.0. The molecule has 9 heteroatoms. The van der Waals surface area contributed by atoms with Crippen LogP contribution in [0, 0.1) is 6.92 Å². The molecular formula is C36H43N5O4. The van der Waals surface area contributed by atoms with Gasteiger partial charge in [-0.25, -0.2) is 4.98 Å². The maximum Gasteiger partial charge on any atom is 0.254 e. The van der Waals surface area contributed by atoms with Gasteiger partial charge in [-0.1, -0.05) is 63.2 Å². The first kappa shape index (κ1) is 32.1. The van der Waals surface area contributed by atoms with E-state index < -0.39 is 12.1 Å². The molecule has 3 heterocycles. The van der Waals surface area contributed by atoms with Crippen LogP contribution in [-0.4, -0.2) is 57.0 Å². The van der Waals surface area contributed by atoms with Gasteiger partial charge in [0, 0.05) is 43.2 Å². The summed E-state index contributed by atoms with van der Waals surface area (Å²) in [6.45, 7) is 9.70. The number of likely N-dealkylation sites (tertiary alicyclic amines) is 1. The Balaban J connectivity index is 1.26. The molecule has 2 amide bonds. The first-order valence-electron chi connectivity index (χ1n) is 15.6. The van der Waals surface area contributed by atoms with Gasteiger partial charge in [-0.05, 0) is 66.5 Å². The molecule has 4 aromatic rings. The molecule has 1 aliphatic rings. The van der Waals surface area contributed by atoms with Gasteiger partial charge in [-0.3, -0.25) is 14.6 Å². The molecule has 1 saturated heterocycles. The monoisotopic (exact) mass is 609 g/mol. The first-order valence-corrected chi connectivity index (χ1v) is 15.6. The van der Waals surface area contributed by atoms with Crippen LogP contribution in [0.15, 0.2) is 83.7 Å². The fraction of sp³-hybridized carbons (Fsp3) is 0.389. The van der Waals surface area contributed by atoms with Crippen LogP contribution in [-0.2, 0) is 18.4 Å². The maximum absolute atomic E-state index is 13.6. The summed E-state index contributed by atoms with van der Waals surface area (Å²) in [5.74, 6) is 0.0165. The number of aliphatic hydroxyl groups is 1. The summed E-state index contributed by atoms with van der Waals surface area (Å²) in [5.41, 5.74) is 4.70. The van der Waals surface area contributed by atoms with Gasteiger partial charge in [0.15, 0.2) is 0 Å². The Bertz CT molecular complexity index is 1600. The van der Waals surface area contributed by atoms with E-state index in [1.165, 1.54) is 0 Å². The van der Waals surface area contributed by atoms with Crippen molar-refractivity contribution >= 4 is 11.8 Å². The number of amides is 2. The van der Waals surface area contributed by atoms with Crippen LogP contribution in [0.2, 0.25) is 0 Å². The molecule has 9 nitrogen and oxygen atoms in total. The second-order valence-corrected chi connectivity index (χ2v) is 12.9. The third-order valence-corrected chi connectivity index (χ3v) is 8.23. The van der Waals surface area contributed by atoms with Gasteiger partial charge in [-0.2, -0.15) is 0 Å². The number of pyridine rings is 1. The van der Waals surface area contributed by atoms with Crippen LogP contribution in [0.1, 0.15) is 88.6 Å². The van der Waals surface area contributed by atoms with Crippen LogP contribution < -0.4 is 10.6 Å². The largest absolute Gasteiger partial charge is 0.446 e. The Morgan fingerprint density at radius 3 is 2.56 bits per heavy atom. The number of aliphatic hydroxyl groups excluding tert-OH is 1. The topological polar surface area (TPSA) is 121 Å². The number of hydrogen-bond donors (Lipinski definition) is 3. The molecule has 5 rings (SSSR count). The normalized spacial score (nSPS) is 16.4. The number of aromatic nitrogens is 2. The smallest absolute Gasteiger partial charge is 0.254 e. The van der Waals surface area contributed by atoms with E-state index in [1.807, 2.05) is 49.6 Å². The van der Waals surface area contributed by atoms with Crippen molar-refractivity contribution in [3.8, 4) is 0 Å². The van der Waals surface area contributed by atoms with Crippen LogP contribution in [0.4, 0.5) is 0 Å². The minimum Gasteiger partial charge on any atom is -0.446 e. The third kappa shape index (κ3) is 8.23. The van der Waals surface area contributed by atoms with Crippen molar-refractivity contribution in [3.05, 3.63) is 119 Å². The molecule has 1 unspecified atom stereocenters. The molecule has 3 atom stereocenters. The number of carbonyl (C=O) groups is 2. The number of nitrogens with zero attached hydrogens (tertiary/aromatic N) is 3. The average molecular weight is 610 g/mol. The van der Waals surface area contributed by atoms with Crippen molar-refractivity contribution in [2.24, 2.45) is 0 Å². The minimum atomic E-state index is -0.868. The van der Waals surface area contributed by atoms with Crippen molar-refractivity contribution in [1.82, 2.24) is 25.5 Å². The highest BCUT2D eigenvalue weighted by molar-refractivity contribution is 6.00. The summed E-state index contributed by atoms with van der Waals surface area (Å²) < 4.78 is 5.61. The van der Waals surface area contributed by atoms with Crippen LogP contribution in [0.25, 0.3) is 0 Å². The number of hydrogen-bond acceptors (Lipinski definition) is 7. The van der Waals surface area contributed by atoms with E-state index in [2.05, 4.69) is 47.4 Å². The molecule has 2 aromatic carbocycles. The fourth-order valence-electron chi connectivity index (χ4n) is 5.66. The molecule has 0 saturated carbocycles. The van der Waals surface area contributed by atoms with Gasteiger partial charge in [0.2, 0.25) is 5.89 Å². The van der Waals surface area contributed by atoms with Crippen molar-refractivity contribution in [2.75, 3.05) is 13.1 Å². The zero-order valence-electron chi connectivity index (χ0n) is 26.5. The van der Waals surface area contributed by atoms with E-state index in [-0.39, 0.29) is 29.8 Å². The number of benzene rings is 2. The second kappa shape index (κ2) is 14.2. The van der Waals surface area contributed by atoms with Gasteiger partial charge in [0.05, 0.1) is 17.8 Å². The Hall–Kier alpha value is -4.34. The first-order chi connectivity index (χ1) is 21.6. The minimum absolute atomic E-state index is 0.0125. The summed E-state index contributed by atoms with van der Waals surface area (Å²) in [4.78, 5) is 37.7. The zero-order valence-corrected chi connectivity index (χ0v) is 26.5. The number of aryl methyl sites for hydroxylation is 1. The fourth-order valence-corrected chi connectivity index (χ4v) is 5.66. The van der Waals surface area contributed by atoms with Crippen LogP contribution in [0.3, 0.4) is 0 Å². The van der Waals surface area contributed by atoms with E-state index in [0.29, 0.717) is 36.5 Å². The number of nitrogens with one attached hydrogen (secondary N) is 2. The lowest BCUT2D eigenvalue weighted by atomic mass is 9.88. The highest BCUT2D eigenvalue weighted by atomic mass is 16.3. The maximum atomic E-state index is 13.6. The van der Waals surface area contributed by atoms with Gasteiger partial charge in [0.25, 0.3) is 11.8 Å². The highest BCUT2D eigenvalue weighted by Gasteiger charge is 2.34. The lowest BCUT2D eigenvalue weighted by molar-refractivity contribution is 0.0715. The van der Waals surface area contributed by atoms with Crippen molar-refractivity contribution in [3.63, 3.8) is 0 Å². The second-order valence-electron chi connectivity index (χ2n) is 12.9. The predicted molar refractivity (Wildman–Crippen MR) is 173 cm³/mol. The van der Waals surface area contributed by atoms with Gasteiger partial charge < -0.3 is 25.1 Å². The molecule has 0 spiro atoms. The number of carbonyl (C=O) groups excluding carboxylic acids is 2. The van der Waals surface area contributed by atoms with Crippen molar-refractivity contribution < 1.29 is 19.1 Å². The molecule has 0 aliphatic carbocycles. The molecule has 3 N–H and O–H groups in total. The van der Waals surface area contributed by atoms with E-state index >= 15 is 0 Å². The van der Waals surface area contributed by atoms with Gasteiger partial charge in [-0.15, -0.1) is 0 Å². The Kier molecular flexibility index (Phi) is 10.1. The lowest BCUT2D eigenvalue weighted by Crippen LogP contribution is -2.48. The molecule has 1 aliphatic heterocycles. The Labute approximate surface area is 265 Å². The molecule has 0 radical (unpaired) electrons. The van der Waals surface area contributed by atoms with Crippen molar-refractivity contribution in [1.29, 1.82) is 0 Å². The molecule has 45 heavy (non-hydrogen) atoms. The number of oxazole rings is 1. The quantitative estimate of drug-likeness (QED) is 0.215. The van der Waals surface area contributed by atoms with E-state index in [4.69, 9.17) is 4.42 Å². The summed E-state index contributed by atoms with van der Waals surface area (Å²) >= 11 is 0. The molecule has 236 valence electrons. The van der Waals surface area contributed by atoms with Gasteiger partial charge >= 0.3 is 0 Å². The van der Waals surface area contributed by atoms with E-state index in [1.54, 1.807) is 35.4 Å². The van der Waals surface area contributed by atoms with E-state index in [9.17, 15) is 14.7 Å². The Morgan fingerprint density at radius 1 is 1.04 bits per heavy atom. The average Bonchev–Trinajstić information content (AvgIpc) is 3.70. The molecular weight excluding hydrogens is 566 g/mol. The summed E-state index contributed by atoms with van der Waals surface area (Å²) in [5, 5.41) is 17.7. The Morgan fingerprint density at radius 2 is 1.82 bits per heavy atom. The third-order valence-electron chi connectivity index (χ3n) is 8.23. The summed E-state index contributed by atoms with van der Waals surface area (Å²) in [7, 11) is 0. The van der Waals surface area contributed by atoms with E-state index in [0.717, 1.165) is 35.2 Å². The van der Waals surface area contributed by atoms with Crippen molar-refractivity contribution in [2.45, 2.75) is 77.1 Å². The number of rotatable bonds is 11. The van der Waals surface area contributed by atoms with Crippen LogP contribution >= 0.6 is 0 Å². The summed E-state index contributed by atoms with van der Waals surface area (Å²) in [6.07, 6.45) is 6.50. The molecule has 0 bridgehead atoms. The standard InChI is InChI=1S/C36H43N5O4/c1-24-23-45-34(39-24)31-14-9-15-41(31)35(44)28-13-8-12-27(18-28)33(43)40-30(17-25-10-6-5-7-11-25)32(42)22-38-20-26-16-29(21-37-19-26)36(2,3)4/h5-8,10-13,16,18-19,21,23,30-32,38,42H,9,14-15,17,20,22H2,1-4H3,(H,40,43)/t30-,31?,32+/m0/s1. The van der Waals surface area contributed by atoms with Crippen LogP contribution in [0.5, 0.6) is 0 Å². The molecule has 1 fully saturated rings. The lowest BCUT2D eigenvalue weighted by Gasteiger charge is -2.25. The SMILES string of the molecule is Cc1coc(C2CCCN2C(=O)c2cccc(C(=O)N[C@@H](Cc3ccccc3)[C@H](O)CNCc3cncc(C(C)(C)C)c3)c2)n1. The molecule has 2 aromatic heterocycles.